The number of nitrogens with one attached hydrogen (secondary N) is 1. The summed E-state index contributed by atoms with van der Waals surface area (Å²) in [6.07, 6.45) is 0.202. The lowest BCUT2D eigenvalue weighted by atomic mass is 10.2. The van der Waals surface area contributed by atoms with Crippen LogP contribution in [0, 0.1) is 6.92 Å². The van der Waals surface area contributed by atoms with Gasteiger partial charge in [-0.2, -0.15) is 5.10 Å². The minimum Gasteiger partial charge on any atom is -0.455 e. The number of thiophene rings is 1. The summed E-state index contributed by atoms with van der Waals surface area (Å²) < 4.78 is 7.17. The molecule has 1 aromatic carbocycles. The third-order valence-electron chi connectivity index (χ3n) is 4.49. The monoisotopic (exact) mass is 440 g/mol. The molecule has 0 atom stereocenters. The number of rotatable bonds is 7. The Morgan fingerprint density at radius 2 is 2.03 bits per heavy atom. The minimum atomic E-state index is -0.384. The molecular weight excluding hydrogens is 420 g/mol. The maximum atomic E-state index is 12.4. The van der Waals surface area contributed by atoms with Crippen LogP contribution in [0.1, 0.15) is 31.6 Å². The molecule has 7 nitrogen and oxygen atoms in total. The maximum absolute atomic E-state index is 12.4. The minimum absolute atomic E-state index is 0.0758. The molecule has 0 unspecified atom stereocenters. The molecule has 0 saturated carbocycles. The predicted octanol–water partition coefficient (Wildman–Crippen LogP) is 3.62. The van der Waals surface area contributed by atoms with Crippen molar-refractivity contribution in [3.8, 4) is 0 Å². The second-order valence-corrected chi connectivity index (χ2v) is 8.76. The number of benzene rings is 1. The molecule has 4 aromatic rings. The van der Waals surface area contributed by atoms with Gasteiger partial charge in [0.1, 0.15) is 21.3 Å². The van der Waals surface area contributed by atoms with Gasteiger partial charge in [0.25, 0.3) is 0 Å². The molecule has 0 aliphatic carbocycles. The van der Waals surface area contributed by atoms with Crippen molar-refractivity contribution in [1.29, 1.82) is 0 Å². The zero-order valence-electron chi connectivity index (χ0n) is 16.5. The van der Waals surface area contributed by atoms with E-state index in [1.54, 1.807) is 4.68 Å². The maximum Gasteiger partial charge on any atom is 0.348 e. The predicted molar refractivity (Wildman–Crippen MR) is 117 cm³/mol. The molecule has 0 spiro atoms. The largest absolute Gasteiger partial charge is 0.455 e. The average molecular weight is 441 g/mol. The van der Waals surface area contributed by atoms with Gasteiger partial charge in [-0.25, -0.2) is 9.78 Å². The molecule has 9 heteroatoms. The molecule has 0 bridgehead atoms. The Kier molecular flexibility index (Phi) is 5.91. The first-order chi connectivity index (χ1) is 14.5. The fraction of sp³-hybridized carbons (Fsp3) is 0.238. The number of fused-ring (bicyclic) bond motifs is 1. The lowest BCUT2D eigenvalue weighted by Gasteiger charge is -2.03. The van der Waals surface area contributed by atoms with E-state index >= 15 is 0 Å². The Balaban J connectivity index is 1.29. The third kappa shape index (κ3) is 4.58. The number of aromatic nitrogens is 3. The first-order valence-electron chi connectivity index (χ1n) is 9.34. The number of carbonyl (C=O) groups is 2. The van der Waals surface area contributed by atoms with E-state index in [-0.39, 0.29) is 24.9 Å². The Labute approximate surface area is 181 Å². The van der Waals surface area contributed by atoms with E-state index in [1.165, 1.54) is 22.7 Å². The highest BCUT2D eigenvalue weighted by molar-refractivity contribution is 7.20. The van der Waals surface area contributed by atoms with Gasteiger partial charge >= 0.3 is 5.97 Å². The van der Waals surface area contributed by atoms with Gasteiger partial charge in [0, 0.05) is 24.4 Å². The van der Waals surface area contributed by atoms with Crippen LogP contribution in [-0.2, 0) is 36.2 Å². The van der Waals surface area contributed by atoms with Crippen LogP contribution in [0.2, 0.25) is 0 Å². The standard InChI is InChI=1S/C21H20N4O3S2/c1-13-16-8-17(30-20(16)25(2)24-13)21(27)28-11-15-12-29-19(23-15)9-18(26)22-10-14-6-4-3-5-7-14/h3-8,12H,9-11H2,1-2H3,(H,22,26). The van der Waals surface area contributed by atoms with E-state index in [4.69, 9.17) is 4.74 Å². The van der Waals surface area contributed by atoms with Crippen molar-refractivity contribution in [2.75, 3.05) is 0 Å². The zero-order chi connectivity index (χ0) is 21.1. The average Bonchev–Trinajstić information content (AvgIpc) is 3.44. The Bertz CT molecular complexity index is 1160. The van der Waals surface area contributed by atoms with Crippen LogP contribution in [-0.4, -0.2) is 26.6 Å². The van der Waals surface area contributed by atoms with E-state index in [9.17, 15) is 9.59 Å². The van der Waals surface area contributed by atoms with Crippen LogP contribution in [0.5, 0.6) is 0 Å². The number of esters is 1. The van der Waals surface area contributed by atoms with Crippen molar-refractivity contribution in [2.24, 2.45) is 7.05 Å². The lowest BCUT2D eigenvalue weighted by molar-refractivity contribution is -0.120. The summed E-state index contributed by atoms with van der Waals surface area (Å²) in [5.74, 6) is -0.475. The van der Waals surface area contributed by atoms with Gasteiger partial charge in [-0.1, -0.05) is 30.3 Å². The van der Waals surface area contributed by atoms with Crippen molar-refractivity contribution in [3.05, 3.63) is 68.6 Å². The zero-order valence-corrected chi connectivity index (χ0v) is 18.2. The summed E-state index contributed by atoms with van der Waals surface area (Å²) in [4.78, 5) is 30.4. The first-order valence-corrected chi connectivity index (χ1v) is 11.0. The van der Waals surface area contributed by atoms with E-state index in [2.05, 4.69) is 15.4 Å². The van der Waals surface area contributed by atoms with Crippen LogP contribution in [0.15, 0.2) is 41.8 Å². The fourth-order valence-electron chi connectivity index (χ4n) is 3.01. The highest BCUT2D eigenvalue weighted by Gasteiger charge is 2.17. The van der Waals surface area contributed by atoms with Crippen LogP contribution in [0.4, 0.5) is 0 Å². The van der Waals surface area contributed by atoms with E-state index in [1.807, 2.05) is 55.7 Å². The van der Waals surface area contributed by atoms with Crippen molar-refractivity contribution < 1.29 is 14.3 Å². The third-order valence-corrected chi connectivity index (χ3v) is 6.57. The highest BCUT2D eigenvalue weighted by Crippen LogP contribution is 2.28. The highest BCUT2D eigenvalue weighted by atomic mass is 32.1. The molecule has 0 saturated heterocycles. The normalized spacial score (nSPS) is 11.0. The van der Waals surface area contributed by atoms with Gasteiger partial charge in [0.15, 0.2) is 0 Å². The van der Waals surface area contributed by atoms with Crippen molar-refractivity contribution >= 4 is 44.8 Å². The van der Waals surface area contributed by atoms with E-state index in [0.29, 0.717) is 22.1 Å². The summed E-state index contributed by atoms with van der Waals surface area (Å²) in [6.45, 7) is 2.48. The van der Waals surface area contributed by atoms with Crippen LogP contribution < -0.4 is 5.32 Å². The molecule has 3 aromatic heterocycles. The molecule has 30 heavy (non-hydrogen) atoms. The summed E-state index contributed by atoms with van der Waals surface area (Å²) in [7, 11) is 1.85. The summed E-state index contributed by atoms with van der Waals surface area (Å²) in [6, 6.07) is 11.6. The fourth-order valence-corrected chi connectivity index (χ4v) is 4.80. The van der Waals surface area contributed by atoms with Crippen molar-refractivity contribution in [1.82, 2.24) is 20.1 Å². The molecule has 4 rings (SSSR count). The summed E-state index contributed by atoms with van der Waals surface area (Å²) in [5, 5.41) is 10.7. The van der Waals surface area contributed by atoms with Gasteiger partial charge in [-0.3, -0.25) is 9.48 Å². The van der Waals surface area contributed by atoms with Crippen LogP contribution >= 0.6 is 22.7 Å². The molecule has 0 fully saturated rings. The Morgan fingerprint density at radius 1 is 1.23 bits per heavy atom. The lowest BCUT2D eigenvalue weighted by Crippen LogP contribution is -2.24. The second-order valence-electron chi connectivity index (χ2n) is 6.79. The number of aryl methyl sites for hydroxylation is 2. The quantitative estimate of drug-likeness (QED) is 0.444. The summed E-state index contributed by atoms with van der Waals surface area (Å²) >= 11 is 2.74. The molecule has 0 radical (unpaired) electrons. The number of carbonyl (C=O) groups excluding carboxylic acids is 2. The van der Waals surface area contributed by atoms with Crippen molar-refractivity contribution in [2.45, 2.75) is 26.5 Å². The van der Waals surface area contributed by atoms with Gasteiger partial charge in [-0.05, 0) is 18.6 Å². The van der Waals surface area contributed by atoms with Gasteiger partial charge in [0.05, 0.1) is 17.8 Å². The molecule has 3 heterocycles. The number of hydrogen-bond acceptors (Lipinski definition) is 7. The Morgan fingerprint density at radius 3 is 2.80 bits per heavy atom. The van der Waals surface area contributed by atoms with Gasteiger partial charge in [-0.15, -0.1) is 22.7 Å². The van der Waals surface area contributed by atoms with Crippen molar-refractivity contribution in [3.63, 3.8) is 0 Å². The molecule has 154 valence electrons. The number of nitrogens with zero attached hydrogens (tertiary/aromatic N) is 3. The molecule has 1 amide bonds. The van der Waals surface area contributed by atoms with Gasteiger partial charge in [0.2, 0.25) is 5.91 Å². The first kappa shape index (κ1) is 20.2. The van der Waals surface area contributed by atoms with Gasteiger partial charge < -0.3 is 10.1 Å². The number of ether oxygens (including phenoxy) is 1. The number of amides is 1. The van der Waals surface area contributed by atoms with E-state index < -0.39 is 0 Å². The van der Waals surface area contributed by atoms with Crippen LogP contribution in [0.3, 0.4) is 0 Å². The number of thiazole rings is 1. The van der Waals surface area contributed by atoms with Crippen LogP contribution in [0.25, 0.3) is 10.2 Å². The molecule has 0 aliphatic heterocycles. The molecular formula is C21H20N4O3S2. The number of hydrogen-bond donors (Lipinski definition) is 1. The van der Waals surface area contributed by atoms with E-state index in [0.717, 1.165) is 21.5 Å². The summed E-state index contributed by atoms with van der Waals surface area (Å²) in [5.41, 5.74) is 2.57. The Hall–Kier alpha value is -3.04. The second kappa shape index (κ2) is 8.76. The smallest absolute Gasteiger partial charge is 0.348 e. The SMILES string of the molecule is Cc1nn(C)c2sc(C(=O)OCc3csc(CC(=O)NCc4ccccc4)n3)cc12. The molecule has 1 N–H and O–H groups in total. The molecule has 0 aliphatic rings. The topological polar surface area (TPSA) is 86.1 Å².